The molecule has 2 nitrogen and oxygen atoms in total. The van der Waals surface area contributed by atoms with E-state index in [0.717, 1.165) is 28.9 Å². The molecule has 0 saturated carbocycles. The molecule has 0 amide bonds. The maximum absolute atomic E-state index is 12.6. The van der Waals surface area contributed by atoms with Crippen molar-refractivity contribution in [2.24, 2.45) is 0 Å². The van der Waals surface area contributed by atoms with Crippen LogP contribution in [-0.2, 0) is 12.8 Å². The molecular formula is C26H24F2N2. The van der Waals surface area contributed by atoms with E-state index in [9.17, 15) is 8.78 Å². The average molecular weight is 402 g/mol. The topological polar surface area (TPSA) is 52.0 Å². The number of hydrogen-bond donors (Lipinski definition) is 2. The Hall–Kier alpha value is -3.66. The molecule has 0 aromatic heterocycles. The molecule has 0 spiro atoms. The van der Waals surface area contributed by atoms with Gasteiger partial charge in [-0.15, -0.1) is 0 Å². The SMILES string of the molecule is Fc1ccc(Cc2ccc(F)cc2)cc1.Nc1ccc(Cc2ccc(N)cc2)cc1. The van der Waals surface area contributed by atoms with Crippen LogP contribution in [0.5, 0.6) is 0 Å². The van der Waals surface area contributed by atoms with E-state index in [1.54, 1.807) is 24.3 Å². The number of nitrogen functional groups attached to an aromatic ring is 2. The van der Waals surface area contributed by atoms with E-state index in [4.69, 9.17) is 11.5 Å². The van der Waals surface area contributed by atoms with Crippen molar-refractivity contribution in [1.82, 2.24) is 0 Å². The summed E-state index contributed by atoms with van der Waals surface area (Å²) in [6, 6.07) is 28.5. The quantitative estimate of drug-likeness (QED) is 0.412. The van der Waals surface area contributed by atoms with Gasteiger partial charge < -0.3 is 11.5 Å². The number of benzene rings is 4. The molecule has 0 atom stereocenters. The highest BCUT2D eigenvalue weighted by Crippen LogP contribution is 2.13. The second-order valence-electron chi connectivity index (χ2n) is 7.09. The van der Waals surface area contributed by atoms with Crippen molar-refractivity contribution in [2.75, 3.05) is 11.5 Å². The van der Waals surface area contributed by atoms with Crippen LogP contribution in [0.4, 0.5) is 20.2 Å². The fourth-order valence-corrected chi connectivity index (χ4v) is 2.95. The Kier molecular flexibility index (Phi) is 7.17. The molecule has 0 heterocycles. The minimum absolute atomic E-state index is 0.238. The van der Waals surface area contributed by atoms with Crippen LogP contribution >= 0.6 is 0 Å². The second kappa shape index (κ2) is 10.2. The zero-order valence-corrected chi connectivity index (χ0v) is 16.6. The van der Waals surface area contributed by atoms with Crippen LogP contribution in [0.25, 0.3) is 0 Å². The van der Waals surface area contributed by atoms with Crippen molar-refractivity contribution in [3.63, 3.8) is 0 Å². The van der Waals surface area contributed by atoms with Crippen molar-refractivity contribution in [1.29, 1.82) is 0 Å². The summed E-state index contributed by atoms with van der Waals surface area (Å²) in [6.45, 7) is 0. The first-order valence-corrected chi connectivity index (χ1v) is 9.65. The zero-order chi connectivity index (χ0) is 21.3. The van der Waals surface area contributed by atoms with E-state index in [2.05, 4.69) is 0 Å². The van der Waals surface area contributed by atoms with E-state index in [-0.39, 0.29) is 11.6 Å². The second-order valence-corrected chi connectivity index (χ2v) is 7.09. The summed E-state index contributed by atoms with van der Waals surface area (Å²) in [5, 5.41) is 0. The predicted octanol–water partition coefficient (Wildman–Crippen LogP) is 6.00. The molecule has 0 radical (unpaired) electrons. The first kappa shape index (κ1) is 21.1. The van der Waals surface area contributed by atoms with Gasteiger partial charge in [-0.3, -0.25) is 0 Å². The molecule has 0 aliphatic heterocycles. The Labute approximate surface area is 175 Å². The minimum Gasteiger partial charge on any atom is -0.399 e. The molecule has 0 aliphatic rings. The largest absolute Gasteiger partial charge is 0.399 e. The summed E-state index contributed by atoms with van der Waals surface area (Å²) in [5.41, 5.74) is 17.4. The molecule has 0 unspecified atom stereocenters. The van der Waals surface area contributed by atoms with Gasteiger partial charge in [-0.1, -0.05) is 48.5 Å². The fourth-order valence-electron chi connectivity index (χ4n) is 2.95. The molecule has 0 bridgehead atoms. The van der Waals surface area contributed by atoms with Crippen LogP contribution in [0, 0.1) is 11.6 Å². The smallest absolute Gasteiger partial charge is 0.123 e. The number of hydrogen-bond acceptors (Lipinski definition) is 2. The van der Waals surface area contributed by atoms with Crippen LogP contribution in [-0.4, -0.2) is 0 Å². The average Bonchev–Trinajstić information content (AvgIpc) is 2.75. The Bertz CT molecular complexity index is 864. The third-order valence-corrected chi connectivity index (χ3v) is 4.60. The van der Waals surface area contributed by atoms with Gasteiger partial charge in [-0.25, -0.2) is 8.78 Å². The lowest BCUT2D eigenvalue weighted by molar-refractivity contribution is 0.627. The molecule has 4 aromatic rings. The summed E-state index contributed by atoms with van der Waals surface area (Å²) in [5.74, 6) is -0.476. The summed E-state index contributed by atoms with van der Waals surface area (Å²) in [6.07, 6.45) is 1.61. The highest BCUT2D eigenvalue weighted by molar-refractivity contribution is 5.43. The molecule has 0 aliphatic carbocycles. The first-order chi connectivity index (χ1) is 14.5. The first-order valence-electron chi connectivity index (χ1n) is 9.65. The van der Waals surface area contributed by atoms with Crippen LogP contribution < -0.4 is 11.5 Å². The van der Waals surface area contributed by atoms with Gasteiger partial charge in [0.15, 0.2) is 0 Å². The lowest BCUT2D eigenvalue weighted by Crippen LogP contribution is -1.90. The van der Waals surface area contributed by atoms with Gasteiger partial charge in [0.05, 0.1) is 0 Å². The molecule has 30 heavy (non-hydrogen) atoms. The number of rotatable bonds is 4. The Morgan fingerprint density at radius 2 is 0.633 bits per heavy atom. The van der Waals surface area contributed by atoms with E-state index < -0.39 is 0 Å². The van der Waals surface area contributed by atoms with Gasteiger partial charge in [0.1, 0.15) is 11.6 Å². The summed E-state index contributed by atoms with van der Waals surface area (Å²) >= 11 is 0. The summed E-state index contributed by atoms with van der Waals surface area (Å²) in [4.78, 5) is 0. The van der Waals surface area contributed by atoms with Gasteiger partial charge in [0.2, 0.25) is 0 Å². The molecule has 0 fully saturated rings. The van der Waals surface area contributed by atoms with Crippen LogP contribution in [0.1, 0.15) is 22.3 Å². The maximum atomic E-state index is 12.6. The minimum atomic E-state index is -0.238. The standard InChI is InChI=1S/C13H10F2.C13H14N2/c2*14-12-5-1-10(2-6-12)9-11-3-7-13(15)8-4-11/h1-8H,9H2;1-8H,9,14-15H2. The van der Waals surface area contributed by atoms with E-state index >= 15 is 0 Å². The summed E-state index contributed by atoms with van der Waals surface area (Å²) in [7, 11) is 0. The lowest BCUT2D eigenvalue weighted by Gasteiger charge is -2.02. The van der Waals surface area contributed by atoms with E-state index in [0.29, 0.717) is 6.42 Å². The predicted molar refractivity (Wildman–Crippen MR) is 120 cm³/mol. The van der Waals surface area contributed by atoms with E-state index in [1.165, 1.54) is 35.4 Å². The third-order valence-electron chi connectivity index (χ3n) is 4.60. The van der Waals surface area contributed by atoms with Gasteiger partial charge in [0, 0.05) is 11.4 Å². The van der Waals surface area contributed by atoms with Crippen LogP contribution in [0.3, 0.4) is 0 Å². The van der Waals surface area contributed by atoms with Crippen molar-refractivity contribution < 1.29 is 8.78 Å². The van der Waals surface area contributed by atoms with Crippen molar-refractivity contribution >= 4 is 11.4 Å². The molecule has 152 valence electrons. The number of halogens is 2. The Morgan fingerprint density at radius 3 is 0.900 bits per heavy atom. The molecule has 4 aromatic carbocycles. The molecule has 0 saturated heterocycles. The zero-order valence-electron chi connectivity index (χ0n) is 16.6. The van der Waals surface area contributed by atoms with Crippen LogP contribution in [0.15, 0.2) is 97.1 Å². The number of nitrogens with two attached hydrogens (primary N) is 2. The molecular weight excluding hydrogens is 378 g/mol. The Morgan fingerprint density at radius 1 is 0.400 bits per heavy atom. The van der Waals surface area contributed by atoms with Gasteiger partial charge in [-0.2, -0.15) is 0 Å². The highest BCUT2D eigenvalue weighted by atomic mass is 19.1. The monoisotopic (exact) mass is 402 g/mol. The van der Waals surface area contributed by atoms with Crippen molar-refractivity contribution in [3.8, 4) is 0 Å². The van der Waals surface area contributed by atoms with Gasteiger partial charge in [-0.05, 0) is 83.6 Å². The van der Waals surface area contributed by atoms with Crippen LogP contribution in [0.2, 0.25) is 0 Å². The lowest BCUT2D eigenvalue weighted by atomic mass is 10.0. The highest BCUT2D eigenvalue weighted by Gasteiger charge is 1.98. The van der Waals surface area contributed by atoms with Gasteiger partial charge in [0.25, 0.3) is 0 Å². The van der Waals surface area contributed by atoms with Gasteiger partial charge >= 0.3 is 0 Å². The van der Waals surface area contributed by atoms with Crippen molar-refractivity contribution in [2.45, 2.75) is 12.8 Å². The molecule has 4 heteroatoms. The summed E-state index contributed by atoms with van der Waals surface area (Å²) < 4.78 is 25.3. The third kappa shape index (κ3) is 6.74. The normalized spacial score (nSPS) is 10.2. The molecule has 4 rings (SSSR count). The molecule has 4 N–H and O–H groups in total. The van der Waals surface area contributed by atoms with E-state index in [1.807, 2.05) is 48.5 Å². The Balaban J connectivity index is 0.000000171. The number of anilines is 2. The fraction of sp³-hybridized carbons (Fsp3) is 0.0769. The maximum Gasteiger partial charge on any atom is 0.123 e. The van der Waals surface area contributed by atoms with Crippen molar-refractivity contribution in [3.05, 3.63) is 131 Å².